The van der Waals surface area contributed by atoms with E-state index < -0.39 is 0 Å². The maximum atomic E-state index is 5.83. The second-order valence-corrected chi connectivity index (χ2v) is 9.51. The number of para-hydroxylation sites is 1. The standard InChI is InChI=1S/C22H31N7OS/c1-2-3-9-19(21-24-25-26-29(21)16-17-7-6-15-30-17)27-11-13-28(14-12-27)22-23-18-8-4-5-10-20(18)31-22/h4-5,8,10,17,19H,2-3,6-7,9,11-16H2,1H3/t17-,19+/m1/s1. The van der Waals surface area contributed by atoms with Gasteiger partial charge >= 0.3 is 0 Å². The molecule has 0 amide bonds. The van der Waals surface area contributed by atoms with E-state index in [1.165, 1.54) is 17.5 Å². The van der Waals surface area contributed by atoms with Gasteiger partial charge in [-0.2, -0.15) is 0 Å². The van der Waals surface area contributed by atoms with Crippen LogP contribution in [0.1, 0.15) is 50.9 Å². The minimum Gasteiger partial charge on any atom is -0.376 e. The Hall–Kier alpha value is -2.10. The molecule has 0 radical (unpaired) electrons. The number of ether oxygens (including phenoxy) is 1. The molecule has 0 N–H and O–H groups in total. The van der Waals surface area contributed by atoms with Gasteiger partial charge in [-0.25, -0.2) is 9.67 Å². The van der Waals surface area contributed by atoms with Gasteiger partial charge in [-0.1, -0.05) is 43.2 Å². The molecule has 2 aliphatic heterocycles. The van der Waals surface area contributed by atoms with Crippen molar-refractivity contribution in [2.75, 3.05) is 37.7 Å². The monoisotopic (exact) mass is 441 g/mol. The second-order valence-electron chi connectivity index (χ2n) is 8.50. The Morgan fingerprint density at radius 3 is 2.84 bits per heavy atom. The highest BCUT2D eigenvalue weighted by Crippen LogP contribution is 2.31. The summed E-state index contributed by atoms with van der Waals surface area (Å²) in [4.78, 5) is 9.84. The number of piperazine rings is 1. The maximum absolute atomic E-state index is 5.83. The van der Waals surface area contributed by atoms with Gasteiger partial charge < -0.3 is 9.64 Å². The first-order valence-electron chi connectivity index (χ1n) is 11.5. The molecule has 1 aromatic carbocycles. The zero-order chi connectivity index (χ0) is 21.0. The minimum atomic E-state index is 0.241. The lowest BCUT2D eigenvalue weighted by atomic mass is 10.1. The van der Waals surface area contributed by atoms with Crippen LogP contribution < -0.4 is 4.90 Å². The van der Waals surface area contributed by atoms with Crippen molar-refractivity contribution in [3.05, 3.63) is 30.1 Å². The normalized spacial score (nSPS) is 21.2. The third-order valence-corrected chi connectivity index (χ3v) is 7.49. The third kappa shape index (κ3) is 4.58. The van der Waals surface area contributed by atoms with Crippen LogP contribution >= 0.6 is 11.3 Å². The lowest BCUT2D eigenvalue weighted by Crippen LogP contribution is -2.48. The molecule has 2 fully saturated rings. The molecule has 2 aliphatic rings. The Morgan fingerprint density at radius 2 is 2.06 bits per heavy atom. The van der Waals surface area contributed by atoms with Crippen molar-refractivity contribution in [1.29, 1.82) is 0 Å². The Bertz CT molecular complexity index is 942. The highest BCUT2D eigenvalue weighted by Gasteiger charge is 2.30. The summed E-state index contributed by atoms with van der Waals surface area (Å²) in [6, 6.07) is 8.65. The summed E-state index contributed by atoms with van der Waals surface area (Å²) >= 11 is 1.79. The number of anilines is 1. The summed E-state index contributed by atoms with van der Waals surface area (Å²) < 4.78 is 9.09. The number of thiazole rings is 1. The van der Waals surface area contributed by atoms with Crippen LogP contribution in [0.2, 0.25) is 0 Å². The van der Waals surface area contributed by atoms with Crippen LogP contribution in [-0.2, 0) is 11.3 Å². The zero-order valence-electron chi connectivity index (χ0n) is 18.2. The summed E-state index contributed by atoms with van der Waals surface area (Å²) in [5.41, 5.74) is 1.10. The predicted molar refractivity (Wildman–Crippen MR) is 122 cm³/mol. The first kappa shape index (κ1) is 20.8. The average Bonchev–Trinajstić information content (AvgIpc) is 3.56. The van der Waals surface area contributed by atoms with Gasteiger partial charge in [-0.3, -0.25) is 4.90 Å². The first-order valence-corrected chi connectivity index (χ1v) is 12.4. The van der Waals surface area contributed by atoms with Gasteiger partial charge in [0.2, 0.25) is 0 Å². The molecular weight excluding hydrogens is 410 g/mol. The van der Waals surface area contributed by atoms with Gasteiger partial charge in [-0.05, 0) is 41.8 Å². The molecule has 9 heteroatoms. The molecule has 8 nitrogen and oxygen atoms in total. The smallest absolute Gasteiger partial charge is 0.186 e. The minimum absolute atomic E-state index is 0.241. The topological polar surface area (TPSA) is 72.2 Å². The summed E-state index contributed by atoms with van der Waals surface area (Å²) in [6.07, 6.45) is 5.91. The van der Waals surface area contributed by atoms with Crippen LogP contribution in [-0.4, -0.2) is 69.0 Å². The fourth-order valence-electron chi connectivity index (χ4n) is 4.65. The first-order chi connectivity index (χ1) is 15.3. The number of fused-ring (bicyclic) bond motifs is 1. The molecule has 5 rings (SSSR count). The quantitative estimate of drug-likeness (QED) is 0.530. The molecule has 2 saturated heterocycles. The summed E-state index contributed by atoms with van der Waals surface area (Å²) in [5.74, 6) is 0.998. The summed E-state index contributed by atoms with van der Waals surface area (Å²) in [6.45, 7) is 7.82. The molecule has 166 valence electrons. The van der Waals surface area contributed by atoms with Crippen LogP contribution in [0.4, 0.5) is 5.13 Å². The maximum Gasteiger partial charge on any atom is 0.186 e. The Balaban J connectivity index is 1.28. The van der Waals surface area contributed by atoms with Crippen molar-refractivity contribution in [3.63, 3.8) is 0 Å². The Morgan fingerprint density at radius 1 is 1.19 bits per heavy atom. The summed E-state index contributed by atoms with van der Waals surface area (Å²) in [7, 11) is 0. The summed E-state index contributed by atoms with van der Waals surface area (Å²) in [5, 5.41) is 14.0. The van der Waals surface area contributed by atoms with Gasteiger partial charge in [0.1, 0.15) is 0 Å². The van der Waals surface area contributed by atoms with Gasteiger partial charge in [-0.15, -0.1) is 5.10 Å². The second kappa shape index (κ2) is 9.58. The largest absolute Gasteiger partial charge is 0.376 e. The van der Waals surface area contributed by atoms with Gasteiger partial charge in [0, 0.05) is 32.8 Å². The van der Waals surface area contributed by atoms with Gasteiger partial charge in [0.05, 0.1) is 28.9 Å². The Labute approximate surface area is 187 Å². The highest BCUT2D eigenvalue weighted by atomic mass is 32.1. The SMILES string of the molecule is CCCC[C@@H](c1nnnn1C[C@H]1CCCO1)N1CCN(c2nc3ccccc3s2)CC1. The van der Waals surface area contributed by atoms with E-state index in [-0.39, 0.29) is 12.1 Å². The lowest BCUT2D eigenvalue weighted by Gasteiger charge is -2.38. The van der Waals surface area contributed by atoms with Crippen molar-refractivity contribution >= 4 is 26.7 Å². The van der Waals surface area contributed by atoms with E-state index in [0.29, 0.717) is 0 Å². The van der Waals surface area contributed by atoms with E-state index in [9.17, 15) is 0 Å². The number of aromatic nitrogens is 5. The van der Waals surface area contributed by atoms with Crippen molar-refractivity contribution in [2.24, 2.45) is 0 Å². The molecule has 0 bridgehead atoms. The fraction of sp³-hybridized carbons (Fsp3) is 0.636. The van der Waals surface area contributed by atoms with Gasteiger partial charge in [0.15, 0.2) is 11.0 Å². The fourth-order valence-corrected chi connectivity index (χ4v) is 5.67. The van der Waals surface area contributed by atoms with Crippen molar-refractivity contribution in [2.45, 2.75) is 57.7 Å². The van der Waals surface area contributed by atoms with Crippen molar-refractivity contribution < 1.29 is 4.74 Å². The molecule has 0 spiro atoms. The molecule has 2 aromatic heterocycles. The number of tetrazole rings is 1. The zero-order valence-corrected chi connectivity index (χ0v) is 19.0. The van der Waals surface area contributed by atoms with Crippen LogP contribution in [0.5, 0.6) is 0 Å². The van der Waals surface area contributed by atoms with Gasteiger partial charge in [0.25, 0.3) is 0 Å². The van der Waals surface area contributed by atoms with Crippen LogP contribution in [0, 0.1) is 0 Å². The van der Waals surface area contributed by atoms with E-state index >= 15 is 0 Å². The molecule has 2 atom stereocenters. The number of benzene rings is 1. The van der Waals surface area contributed by atoms with E-state index in [1.54, 1.807) is 11.3 Å². The van der Waals surface area contributed by atoms with E-state index in [0.717, 1.165) is 75.1 Å². The van der Waals surface area contributed by atoms with Crippen molar-refractivity contribution in [1.82, 2.24) is 30.1 Å². The molecule has 31 heavy (non-hydrogen) atoms. The molecular formula is C22H31N7OS. The Kier molecular flexibility index (Phi) is 6.42. The van der Waals surface area contributed by atoms with E-state index in [4.69, 9.17) is 9.72 Å². The van der Waals surface area contributed by atoms with Crippen molar-refractivity contribution in [3.8, 4) is 0 Å². The number of hydrogen-bond acceptors (Lipinski definition) is 8. The molecule has 0 unspecified atom stereocenters. The molecule has 0 saturated carbocycles. The van der Waals surface area contributed by atoms with Crippen LogP contribution in [0.25, 0.3) is 10.2 Å². The lowest BCUT2D eigenvalue weighted by molar-refractivity contribution is 0.0890. The molecule has 3 aromatic rings. The predicted octanol–water partition coefficient (Wildman–Crippen LogP) is 3.52. The molecule has 4 heterocycles. The number of rotatable bonds is 8. The third-order valence-electron chi connectivity index (χ3n) is 6.40. The highest BCUT2D eigenvalue weighted by molar-refractivity contribution is 7.22. The van der Waals surface area contributed by atoms with Crippen LogP contribution in [0.3, 0.4) is 0 Å². The number of nitrogens with zero attached hydrogens (tertiary/aromatic N) is 7. The van der Waals surface area contributed by atoms with E-state index in [2.05, 4.69) is 56.5 Å². The van der Waals surface area contributed by atoms with Crippen LogP contribution in [0.15, 0.2) is 24.3 Å². The number of unbranched alkanes of at least 4 members (excludes halogenated alkanes) is 1. The average molecular weight is 442 g/mol. The van der Waals surface area contributed by atoms with E-state index in [1.807, 2.05) is 4.68 Å². The number of hydrogen-bond donors (Lipinski definition) is 0. The molecule has 0 aliphatic carbocycles.